The molecule has 0 saturated carbocycles. The number of carbonyl (C=O) groups is 1. The third-order valence-electron chi connectivity index (χ3n) is 5.42. The van der Waals surface area contributed by atoms with Crippen LogP contribution in [0, 0.1) is 20.8 Å². The van der Waals surface area contributed by atoms with Crippen molar-refractivity contribution in [2.75, 3.05) is 17.4 Å². The van der Waals surface area contributed by atoms with E-state index in [1.54, 1.807) is 42.5 Å². The van der Waals surface area contributed by atoms with Crippen LogP contribution in [-0.4, -0.2) is 27.4 Å². The minimum Gasteiger partial charge on any atom is -0.355 e. The summed E-state index contributed by atoms with van der Waals surface area (Å²) in [6, 6.07) is 19.8. The van der Waals surface area contributed by atoms with Crippen LogP contribution in [0.5, 0.6) is 0 Å². The third kappa shape index (κ3) is 6.59. The number of benzene rings is 3. The van der Waals surface area contributed by atoms with Crippen molar-refractivity contribution in [1.82, 2.24) is 5.32 Å². The van der Waals surface area contributed by atoms with Gasteiger partial charge in [-0.2, -0.15) is 0 Å². The Bertz CT molecular complexity index is 1210. The molecular weight excluding hydrogens is 456 g/mol. The molecule has 3 aromatic rings. The van der Waals surface area contributed by atoms with Crippen LogP contribution in [0.1, 0.15) is 28.7 Å². The number of carbonyl (C=O) groups excluding carboxylic acids is 1. The molecule has 0 heterocycles. The topological polar surface area (TPSA) is 66.5 Å². The Morgan fingerprint density at radius 1 is 0.909 bits per heavy atom. The van der Waals surface area contributed by atoms with E-state index in [1.807, 2.05) is 20.8 Å². The van der Waals surface area contributed by atoms with Crippen LogP contribution in [0.2, 0.25) is 5.02 Å². The van der Waals surface area contributed by atoms with Gasteiger partial charge in [0.2, 0.25) is 5.91 Å². The van der Waals surface area contributed by atoms with E-state index in [-0.39, 0.29) is 17.3 Å². The lowest BCUT2D eigenvalue weighted by Gasteiger charge is -2.24. The van der Waals surface area contributed by atoms with Crippen molar-refractivity contribution < 1.29 is 13.2 Å². The van der Waals surface area contributed by atoms with Crippen LogP contribution in [0.15, 0.2) is 71.6 Å². The summed E-state index contributed by atoms with van der Waals surface area (Å²) in [7, 11) is -3.96. The van der Waals surface area contributed by atoms with Gasteiger partial charge in [-0.05, 0) is 69.0 Å². The number of nitrogens with one attached hydrogen (secondary N) is 1. The largest absolute Gasteiger partial charge is 0.355 e. The van der Waals surface area contributed by atoms with Gasteiger partial charge in [-0.25, -0.2) is 8.42 Å². The summed E-state index contributed by atoms with van der Waals surface area (Å²) < 4.78 is 28.0. The van der Waals surface area contributed by atoms with E-state index in [1.165, 1.54) is 11.1 Å². The van der Waals surface area contributed by atoms with Gasteiger partial charge in [0.05, 0.1) is 10.6 Å². The van der Waals surface area contributed by atoms with Gasteiger partial charge in [0.25, 0.3) is 10.0 Å². The lowest BCUT2D eigenvalue weighted by molar-refractivity contribution is -0.119. The molecule has 1 N–H and O–H groups in total. The average molecular weight is 485 g/mol. The molecule has 0 unspecified atom stereocenters. The van der Waals surface area contributed by atoms with Crippen molar-refractivity contribution in [3.8, 4) is 0 Å². The SMILES string of the molecule is Cc1ccc(CCCNC(=O)CN(c2ccc(C)c(Cl)c2)S(=O)(=O)c2ccc(C)cc2)cc1. The number of sulfonamides is 1. The molecule has 0 spiro atoms. The molecule has 33 heavy (non-hydrogen) atoms. The van der Waals surface area contributed by atoms with Crippen LogP contribution in [-0.2, 0) is 21.2 Å². The van der Waals surface area contributed by atoms with E-state index in [0.29, 0.717) is 17.3 Å². The second kappa shape index (κ2) is 10.9. The fourth-order valence-electron chi connectivity index (χ4n) is 3.35. The fraction of sp³-hybridized carbons (Fsp3) is 0.269. The molecule has 0 bridgehead atoms. The summed E-state index contributed by atoms with van der Waals surface area (Å²) in [5.41, 5.74) is 4.53. The number of aryl methyl sites for hydroxylation is 4. The Morgan fingerprint density at radius 2 is 1.52 bits per heavy atom. The van der Waals surface area contributed by atoms with E-state index in [0.717, 1.165) is 28.3 Å². The van der Waals surface area contributed by atoms with Gasteiger partial charge in [-0.3, -0.25) is 9.10 Å². The highest BCUT2D eigenvalue weighted by atomic mass is 35.5. The van der Waals surface area contributed by atoms with E-state index in [2.05, 4.69) is 29.6 Å². The van der Waals surface area contributed by atoms with E-state index in [9.17, 15) is 13.2 Å². The standard InChI is InChI=1S/C26H29ClN2O3S/c1-19-6-11-22(12-7-19)5-4-16-28-26(30)18-29(23-13-10-21(3)25(27)17-23)33(31,32)24-14-8-20(2)9-15-24/h6-15,17H,4-5,16,18H2,1-3H3,(H,28,30). The molecule has 0 fully saturated rings. The third-order valence-corrected chi connectivity index (χ3v) is 7.62. The van der Waals surface area contributed by atoms with E-state index >= 15 is 0 Å². The highest BCUT2D eigenvalue weighted by Gasteiger charge is 2.27. The number of amides is 1. The van der Waals surface area contributed by atoms with Crippen LogP contribution in [0.3, 0.4) is 0 Å². The number of hydrogen-bond acceptors (Lipinski definition) is 3. The number of halogens is 1. The van der Waals surface area contributed by atoms with Gasteiger partial charge in [0.1, 0.15) is 6.54 Å². The molecule has 0 aromatic heterocycles. The molecule has 0 atom stereocenters. The van der Waals surface area contributed by atoms with Crippen LogP contribution in [0.25, 0.3) is 0 Å². The normalized spacial score (nSPS) is 11.3. The second-order valence-corrected chi connectivity index (χ2v) is 10.5. The first-order chi connectivity index (χ1) is 15.7. The molecule has 1 amide bonds. The Balaban J connectivity index is 1.73. The summed E-state index contributed by atoms with van der Waals surface area (Å²) in [5.74, 6) is -0.369. The first kappa shape index (κ1) is 24.8. The fourth-order valence-corrected chi connectivity index (χ4v) is 4.94. The minimum absolute atomic E-state index is 0.122. The summed E-state index contributed by atoms with van der Waals surface area (Å²) in [4.78, 5) is 12.8. The molecule has 0 radical (unpaired) electrons. The van der Waals surface area contributed by atoms with Gasteiger partial charge < -0.3 is 5.32 Å². The zero-order valence-corrected chi connectivity index (χ0v) is 20.7. The first-order valence-corrected chi connectivity index (χ1v) is 12.7. The van der Waals surface area contributed by atoms with Crippen molar-refractivity contribution in [3.05, 3.63) is 94.0 Å². The van der Waals surface area contributed by atoms with E-state index < -0.39 is 10.0 Å². The smallest absolute Gasteiger partial charge is 0.264 e. The molecule has 0 aliphatic carbocycles. The van der Waals surface area contributed by atoms with Gasteiger partial charge >= 0.3 is 0 Å². The Morgan fingerprint density at radius 3 is 2.12 bits per heavy atom. The van der Waals surface area contributed by atoms with Crippen LogP contribution in [0.4, 0.5) is 5.69 Å². The van der Waals surface area contributed by atoms with Crippen LogP contribution < -0.4 is 9.62 Å². The Kier molecular flexibility index (Phi) is 8.16. The van der Waals surface area contributed by atoms with Crippen LogP contribution >= 0.6 is 11.6 Å². The summed E-state index contributed by atoms with van der Waals surface area (Å²) >= 11 is 6.26. The Labute approximate surface area is 201 Å². The zero-order chi connectivity index (χ0) is 24.0. The van der Waals surface area contributed by atoms with Gasteiger partial charge in [0, 0.05) is 11.6 Å². The maximum atomic E-state index is 13.4. The molecular formula is C26H29ClN2O3S. The van der Waals surface area contributed by atoms with Gasteiger partial charge in [0.15, 0.2) is 0 Å². The van der Waals surface area contributed by atoms with E-state index in [4.69, 9.17) is 11.6 Å². The summed E-state index contributed by atoms with van der Waals surface area (Å²) in [6.45, 7) is 5.89. The zero-order valence-electron chi connectivity index (χ0n) is 19.1. The maximum absolute atomic E-state index is 13.4. The minimum atomic E-state index is -3.96. The molecule has 3 rings (SSSR count). The molecule has 174 valence electrons. The quantitative estimate of drug-likeness (QED) is 0.424. The lowest BCUT2D eigenvalue weighted by atomic mass is 10.1. The maximum Gasteiger partial charge on any atom is 0.264 e. The second-order valence-electron chi connectivity index (χ2n) is 8.20. The monoisotopic (exact) mass is 484 g/mol. The van der Waals surface area contributed by atoms with Gasteiger partial charge in [-0.15, -0.1) is 0 Å². The summed E-state index contributed by atoms with van der Waals surface area (Å²) in [5, 5.41) is 3.29. The summed E-state index contributed by atoms with van der Waals surface area (Å²) in [6.07, 6.45) is 1.59. The molecule has 0 aliphatic heterocycles. The Hall–Kier alpha value is -2.83. The highest BCUT2D eigenvalue weighted by molar-refractivity contribution is 7.92. The lowest BCUT2D eigenvalue weighted by Crippen LogP contribution is -2.41. The molecule has 0 aliphatic rings. The molecule has 5 nitrogen and oxygen atoms in total. The number of rotatable bonds is 9. The van der Waals surface area contributed by atoms with Gasteiger partial charge in [-0.1, -0.05) is 65.2 Å². The van der Waals surface area contributed by atoms with Crippen molar-refractivity contribution in [3.63, 3.8) is 0 Å². The number of nitrogens with zero attached hydrogens (tertiary/aromatic N) is 1. The van der Waals surface area contributed by atoms with Crippen molar-refractivity contribution >= 4 is 33.2 Å². The number of anilines is 1. The molecule has 0 saturated heterocycles. The first-order valence-electron chi connectivity index (χ1n) is 10.8. The predicted molar refractivity (Wildman–Crippen MR) is 134 cm³/mol. The average Bonchev–Trinajstić information content (AvgIpc) is 2.78. The number of hydrogen-bond donors (Lipinski definition) is 1. The predicted octanol–water partition coefficient (Wildman–Crippen LogP) is 5.21. The van der Waals surface area contributed by atoms with Crippen molar-refractivity contribution in [2.45, 2.75) is 38.5 Å². The van der Waals surface area contributed by atoms with Crippen molar-refractivity contribution in [1.29, 1.82) is 0 Å². The molecule has 3 aromatic carbocycles. The molecule has 7 heteroatoms. The van der Waals surface area contributed by atoms with Crippen molar-refractivity contribution in [2.24, 2.45) is 0 Å². The highest BCUT2D eigenvalue weighted by Crippen LogP contribution is 2.28.